The number of oxazole rings is 1. The van der Waals surface area contributed by atoms with Crippen LogP contribution in [0.2, 0.25) is 0 Å². The van der Waals surface area contributed by atoms with Gasteiger partial charge in [0.2, 0.25) is 5.88 Å². The smallest absolute Gasteiger partial charge is 0.414 e. The number of anilines is 1. The minimum atomic E-state index is -0.530. The number of nitrogens with one attached hydrogen (secondary N) is 1. The highest BCUT2D eigenvalue weighted by Crippen LogP contribution is 2.11. The van der Waals surface area contributed by atoms with Crippen molar-refractivity contribution < 1.29 is 13.9 Å². The Morgan fingerprint density at radius 3 is 3.08 bits per heavy atom. The van der Waals surface area contributed by atoms with Crippen molar-refractivity contribution in [3.63, 3.8) is 0 Å². The average molecular weight is 170 g/mol. The van der Waals surface area contributed by atoms with Crippen molar-refractivity contribution in [1.82, 2.24) is 4.98 Å². The first kappa shape index (κ1) is 8.58. The second kappa shape index (κ2) is 3.75. The van der Waals surface area contributed by atoms with Crippen LogP contribution in [0.25, 0.3) is 0 Å². The van der Waals surface area contributed by atoms with Gasteiger partial charge in [-0.3, -0.25) is 5.32 Å². The Kier molecular flexibility index (Phi) is 2.68. The average Bonchev–Trinajstić information content (AvgIpc) is 2.37. The first-order valence-electron chi connectivity index (χ1n) is 3.58. The monoisotopic (exact) mass is 170 g/mol. The van der Waals surface area contributed by atoms with Gasteiger partial charge in [0.25, 0.3) is 0 Å². The molecular formula is C7H10N2O3. The summed E-state index contributed by atoms with van der Waals surface area (Å²) in [6, 6.07) is 0. The maximum absolute atomic E-state index is 10.8. The molecule has 0 aliphatic heterocycles. The van der Waals surface area contributed by atoms with E-state index in [1.54, 1.807) is 13.8 Å². The first-order valence-corrected chi connectivity index (χ1v) is 3.58. The van der Waals surface area contributed by atoms with E-state index in [-0.39, 0.29) is 0 Å². The Morgan fingerprint density at radius 2 is 2.58 bits per heavy atom. The molecule has 0 bridgehead atoms. The van der Waals surface area contributed by atoms with E-state index in [1.165, 1.54) is 6.39 Å². The molecular weight excluding hydrogens is 160 g/mol. The van der Waals surface area contributed by atoms with Crippen LogP contribution in [0.5, 0.6) is 0 Å². The van der Waals surface area contributed by atoms with Gasteiger partial charge in [0.1, 0.15) is 5.69 Å². The summed E-state index contributed by atoms with van der Waals surface area (Å²) in [4.78, 5) is 14.6. The zero-order valence-corrected chi connectivity index (χ0v) is 6.96. The molecule has 0 saturated carbocycles. The zero-order chi connectivity index (χ0) is 8.97. The van der Waals surface area contributed by atoms with Crippen molar-refractivity contribution in [1.29, 1.82) is 0 Å². The van der Waals surface area contributed by atoms with Crippen molar-refractivity contribution in [3.8, 4) is 0 Å². The fraction of sp³-hybridized carbons (Fsp3) is 0.429. The lowest BCUT2D eigenvalue weighted by Gasteiger charge is -2.00. The van der Waals surface area contributed by atoms with Gasteiger partial charge in [0.15, 0.2) is 6.39 Å². The normalized spacial score (nSPS) is 9.50. The largest absolute Gasteiger partial charge is 0.450 e. The van der Waals surface area contributed by atoms with E-state index in [9.17, 15) is 4.79 Å². The highest BCUT2D eigenvalue weighted by atomic mass is 16.5. The van der Waals surface area contributed by atoms with Gasteiger partial charge in [0.05, 0.1) is 6.61 Å². The summed E-state index contributed by atoms with van der Waals surface area (Å²) in [6.45, 7) is 3.79. The standard InChI is InChI=1S/C7H10N2O3/c1-3-11-7(10)9-6-5(2)8-4-12-6/h4H,3H2,1-2H3,(H,9,10). The van der Waals surface area contributed by atoms with Gasteiger partial charge in [-0.25, -0.2) is 9.78 Å². The van der Waals surface area contributed by atoms with E-state index in [1.807, 2.05) is 0 Å². The lowest BCUT2D eigenvalue weighted by atomic mass is 10.5. The molecule has 1 rings (SSSR count). The van der Waals surface area contributed by atoms with E-state index in [2.05, 4.69) is 15.0 Å². The van der Waals surface area contributed by atoms with Gasteiger partial charge in [-0.15, -0.1) is 0 Å². The zero-order valence-electron chi connectivity index (χ0n) is 6.96. The van der Waals surface area contributed by atoms with E-state index in [0.717, 1.165) is 0 Å². The third kappa shape index (κ3) is 1.98. The SMILES string of the molecule is CCOC(=O)Nc1ocnc1C. The minimum absolute atomic E-state index is 0.327. The molecule has 0 aromatic carbocycles. The molecule has 1 aromatic rings. The van der Waals surface area contributed by atoms with E-state index >= 15 is 0 Å². The Labute approximate surface area is 69.7 Å². The number of ether oxygens (including phenoxy) is 1. The molecule has 12 heavy (non-hydrogen) atoms. The van der Waals surface area contributed by atoms with Gasteiger partial charge in [-0.2, -0.15) is 0 Å². The summed E-state index contributed by atoms with van der Waals surface area (Å²) in [5.74, 6) is 0.327. The van der Waals surface area contributed by atoms with E-state index in [4.69, 9.17) is 4.42 Å². The maximum atomic E-state index is 10.8. The Balaban J connectivity index is 2.52. The molecule has 66 valence electrons. The number of carbonyl (C=O) groups is 1. The summed E-state index contributed by atoms with van der Waals surface area (Å²) in [5, 5.41) is 2.40. The van der Waals surface area contributed by atoms with Crippen LogP contribution in [-0.2, 0) is 4.74 Å². The summed E-state index contributed by atoms with van der Waals surface area (Å²) in [6.07, 6.45) is 0.731. The third-order valence-corrected chi connectivity index (χ3v) is 1.24. The van der Waals surface area contributed by atoms with Crippen LogP contribution in [-0.4, -0.2) is 17.7 Å². The van der Waals surface area contributed by atoms with Crippen LogP contribution in [0, 0.1) is 6.92 Å². The van der Waals surface area contributed by atoms with Crippen LogP contribution in [0.15, 0.2) is 10.8 Å². The molecule has 0 aliphatic rings. The minimum Gasteiger partial charge on any atom is -0.450 e. The van der Waals surface area contributed by atoms with Crippen LogP contribution >= 0.6 is 0 Å². The van der Waals surface area contributed by atoms with Gasteiger partial charge < -0.3 is 9.15 Å². The topological polar surface area (TPSA) is 64.4 Å². The lowest BCUT2D eigenvalue weighted by Crippen LogP contribution is -2.13. The Bertz CT molecular complexity index is 269. The second-order valence-corrected chi connectivity index (χ2v) is 2.11. The number of aromatic nitrogens is 1. The molecule has 0 saturated heterocycles. The quantitative estimate of drug-likeness (QED) is 0.731. The van der Waals surface area contributed by atoms with Crippen LogP contribution < -0.4 is 5.32 Å². The van der Waals surface area contributed by atoms with Gasteiger partial charge in [-0.05, 0) is 13.8 Å². The molecule has 0 atom stereocenters. The van der Waals surface area contributed by atoms with Crippen LogP contribution in [0.3, 0.4) is 0 Å². The first-order chi connectivity index (χ1) is 5.74. The second-order valence-electron chi connectivity index (χ2n) is 2.11. The lowest BCUT2D eigenvalue weighted by molar-refractivity contribution is 0.167. The van der Waals surface area contributed by atoms with Crippen LogP contribution in [0.4, 0.5) is 10.7 Å². The molecule has 1 heterocycles. The number of hydrogen-bond donors (Lipinski definition) is 1. The molecule has 0 radical (unpaired) electrons. The molecule has 1 N–H and O–H groups in total. The molecule has 0 spiro atoms. The number of rotatable bonds is 2. The third-order valence-electron chi connectivity index (χ3n) is 1.24. The van der Waals surface area contributed by atoms with Crippen molar-refractivity contribution in [3.05, 3.63) is 12.1 Å². The highest BCUT2D eigenvalue weighted by molar-refractivity contribution is 5.83. The summed E-state index contributed by atoms with van der Waals surface area (Å²) in [7, 11) is 0. The number of aryl methyl sites for hydroxylation is 1. The number of amides is 1. The number of hydrogen-bond acceptors (Lipinski definition) is 4. The van der Waals surface area contributed by atoms with Crippen molar-refractivity contribution in [2.45, 2.75) is 13.8 Å². The highest BCUT2D eigenvalue weighted by Gasteiger charge is 2.07. The van der Waals surface area contributed by atoms with E-state index in [0.29, 0.717) is 18.2 Å². The van der Waals surface area contributed by atoms with Gasteiger partial charge in [0, 0.05) is 0 Å². The summed E-state index contributed by atoms with van der Waals surface area (Å²) < 4.78 is 9.49. The predicted octanol–water partition coefficient (Wildman–Crippen LogP) is 1.55. The van der Waals surface area contributed by atoms with E-state index < -0.39 is 6.09 Å². The van der Waals surface area contributed by atoms with Gasteiger partial charge in [-0.1, -0.05) is 0 Å². The molecule has 0 unspecified atom stereocenters. The predicted molar refractivity (Wildman–Crippen MR) is 41.9 cm³/mol. The van der Waals surface area contributed by atoms with Crippen molar-refractivity contribution in [2.75, 3.05) is 11.9 Å². The fourth-order valence-corrected chi connectivity index (χ4v) is 0.682. The molecule has 1 aromatic heterocycles. The Hall–Kier alpha value is -1.52. The fourth-order valence-electron chi connectivity index (χ4n) is 0.682. The molecule has 0 aliphatic carbocycles. The van der Waals surface area contributed by atoms with Crippen molar-refractivity contribution >= 4 is 12.0 Å². The molecule has 0 fully saturated rings. The van der Waals surface area contributed by atoms with Crippen molar-refractivity contribution in [2.24, 2.45) is 0 Å². The summed E-state index contributed by atoms with van der Waals surface area (Å²) >= 11 is 0. The Morgan fingerprint density at radius 1 is 1.83 bits per heavy atom. The molecule has 5 nitrogen and oxygen atoms in total. The number of carbonyl (C=O) groups excluding carboxylic acids is 1. The summed E-state index contributed by atoms with van der Waals surface area (Å²) in [5.41, 5.74) is 0.628. The van der Waals surface area contributed by atoms with Crippen LogP contribution in [0.1, 0.15) is 12.6 Å². The van der Waals surface area contributed by atoms with Gasteiger partial charge >= 0.3 is 6.09 Å². The molecule has 1 amide bonds. The number of nitrogens with zero attached hydrogens (tertiary/aromatic N) is 1. The maximum Gasteiger partial charge on any atom is 0.414 e. The molecule has 5 heteroatoms.